The average Bonchev–Trinajstić information content (AvgIpc) is 2.58. The number of alkyl halides is 3. The van der Waals surface area contributed by atoms with E-state index in [0.29, 0.717) is 11.3 Å². The lowest BCUT2D eigenvalue weighted by molar-refractivity contribution is -0.167. The first-order valence-electron chi connectivity index (χ1n) is 7.42. The number of rotatable bonds is 4. The predicted molar refractivity (Wildman–Crippen MR) is 90.6 cm³/mol. The molecule has 0 radical (unpaired) electrons. The van der Waals surface area contributed by atoms with E-state index < -0.39 is 18.0 Å². The number of phenolic OH excluding ortho intramolecular Hbond substituents is 2. The van der Waals surface area contributed by atoms with Crippen LogP contribution >= 0.6 is 0 Å². The number of phenols is 2. The summed E-state index contributed by atoms with van der Waals surface area (Å²) in [6, 6.07) is 8.68. The summed E-state index contributed by atoms with van der Waals surface area (Å²) >= 11 is 0. The van der Waals surface area contributed by atoms with Crippen molar-refractivity contribution in [2.45, 2.75) is 13.1 Å². The third kappa shape index (κ3) is 5.46. The molecular formula is C17H14F3N3O4. The molecule has 0 aromatic heterocycles. The smallest absolute Gasteiger partial charge is 0.471 e. The topological polar surface area (TPSA) is 111 Å². The van der Waals surface area contributed by atoms with E-state index in [4.69, 9.17) is 0 Å². The molecule has 2 rings (SSSR count). The standard InChI is InChI=1S/C17H14F3N3O4/c1-9(22-23-15(26)11-6-13(24)8-14(25)7-11)10-2-4-12(5-3-10)21-16(27)17(18,19)20/h2-8,24-25H,1H3,(H,21,27)(H,23,26). The monoisotopic (exact) mass is 381 g/mol. The van der Waals surface area contributed by atoms with E-state index in [1.807, 2.05) is 0 Å². The molecule has 2 aromatic rings. The Morgan fingerprint density at radius 1 is 0.963 bits per heavy atom. The molecule has 0 saturated heterocycles. The molecule has 0 spiro atoms. The first-order valence-corrected chi connectivity index (χ1v) is 7.42. The number of amides is 2. The first kappa shape index (κ1) is 19.8. The molecule has 4 N–H and O–H groups in total. The molecule has 7 nitrogen and oxygen atoms in total. The number of carbonyl (C=O) groups excluding carboxylic acids is 2. The van der Waals surface area contributed by atoms with Gasteiger partial charge in [-0.1, -0.05) is 12.1 Å². The third-order valence-electron chi connectivity index (χ3n) is 3.31. The highest BCUT2D eigenvalue weighted by atomic mass is 19.4. The average molecular weight is 381 g/mol. The zero-order valence-corrected chi connectivity index (χ0v) is 13.8. The van der Waals surface area contributed by atoms with E-state index in [-0.39, 0.29) is 22.7 Å². The van der Waals surface area contributed by atoms with Crippen LogP contribution in [0.3, 0.4) is 0 Å². The number of aromatic hydroxyl groups is 2. The number of carbonyl (C=O) groups is 2. The fraction of sp³-hybridized carbons (Fsp3) is 0.118. The lowest BCUT2D eigenvalue weighted by Gasteiger charge is -2.08. The van der Waals surface area contributed by atoms with Gasteiger partial charge in [-0.15, -0.1) is 0 Å². The van der Waals surface area contributed by atoms with Crippen molar-refractivity contribution < 1.29 is 33.0 Å². The molecule has 10 heteroatoms. The first-order chi connectivity index (χ1) is 12.6. The SMILES string of the molecule is CC(=NNC(=O)c1cc(O)cc(O)c1)c1ccc(NC(=O)C(F)(F)F)cc1. The van der Waals surface area contributed by atoms with Crippen LogP contribution in [0.4, 0.5) is 18.9 Å². The highest BCUT2D eigenvalue weighted by Crippen LogP contribution is 2.20. The van der Waals surface area contributed by atoms with Crippen molar-refractivity contribution in [2.24, 2.45) is 5.10 Å². The second-order valence-corrected chi connectivity index (χ2v) is 5.41. The summed E-state index contributed by atoms with van der Waals surface area (Å²) in [4.78, 5) is 22.8. The van der Waals surface area contributed by atoms with E-state index in [0.717, 1.165) is 18.2 Å². The van der Waals surface area contributed by atoms with Gasteiger partial charge >= 0.3 is 12.1 Å². The number of benzene rings is 2. The number of halogens is 3. The van der Waals surface area contributed by atoms with Gasteiger partial charge in [-0.2, -0.15) is 18.3 Å². The quantitative estimate of drug-likeness (QED) is 0.482. The van der Waals surface area contributed by atoms with Gasteiger partial charge < -0.3 is 15.5 Å². The molecule has 0 saturated carbocycles. The van der Waals surface area contributed by atoms with Gasteiger partial charge in [0.15, 0.2) is 0 Å². The van der Waals surface area contributed by atoms with Crippen LogP contribution in [-0.2, 0) is 4.79 Å². The van der Waals surface area contributed by atoms with Crippen LogP contribution in [0.2, 0.25) is 0 Å². The van der Waals surface area contributed by atoms with Gasteiger partial charge in [-0.25, -0.2) is 5.43 Å². The molecular weight excluding hydrogens is 367 g/mol. The lowest BCUT2D eigenvalue weighted by Crippen LogP contribution is -2.29. The van der Waals surface area contributed by atoms with Gasteiger partial charge in [-0.3, -0.25) is 9.59 Å². The number of anilines is 1. The van der Waals surface area contributed by atoms with Crippen molar-refractivity contribution in [3.05, 3.63) is 53.6 Å². The highest BCUT2D eigenvalue weighted by Gasteiger charge is 2.38. The Bertz CT molecular complexity index is 873. The Balaban J connectivity index is 2.05. The number of nitrogens with zero attached hydrogens (tertiary/aromatic N) is 1. The van der Waals surface area contributed by atoms with E-state index in [9.17, 15) is 33.0 Å². The van der Waals surface area contributed by atoms with E-state index in [1.165, 1.54) is 24.3 Å². The van der Waals surface area contributed by atoms with Crippen LogP contribution < -0.4 is 10.7 Å². The van der Waals surface area contributed by atoms with Crippen molar-refractivity contribution in [1.29, 1.82) is 0 Å². The molecule has 27 heavy (non-hydrogen) atoms. The minimum Gasteiger partial charge on any atom is -0.508 e. The Kier molecular flexibility index (Phi) is 5.69. The Morgan fingerprint density at radius 2 is 1.52 bits per heavy atom. The summed E-state index contributed by atoms with van der Waals surface area (Å²) in [6.07, 6.45) is -4.99. The van der Waals surface area contributed by atoms with Gasteiger partial charge in [0.25, 0.3) is 5.91 Å². The molecule has 142 valence electrons. The van der Waals surface area contributed by atoms with Gasteiger partial charge in [0, 0.05) is 17.3 Å². The molecule has 0 fully saturated rings. The maximum absolute atomic E-state index is 12.2. The molecule has 0 aliphatic carbocycles. The lowest BCUT2D eigenvalue weighted by atomic mass is 10.1. The van der Waals surface area contributed by atoms with E-state index in [2.05, 4.69) is 10.5 Å². The Hall–Kier alpha value is -3.56. The fourth-order valence-electron chi connectivity index (χ4n) is 1.99. The van der Waals surface area contributed by atoms with Crippen LogP contribution in [0, 0.1) is 0 Å². The highest BCUT2D eigenvalue weighted by molar-refractivity contribution is 6.01. The van der Waals surface area contributed by atoms with Crippen molar-refractivity contribution in [3.8, 4) is 11.5 Å². The van der Waals surface area contributed by atoms with Crippen molar-refractivity contribution in [2.75, 3.05) is 5.32 Å². The predicted octanol–water partition coefficient (Wildman–Crippen LogP) is 2.75. The summed E-state index contributed by atoms with van der Waals surface area (Å²) in [7, 11) is 0. The summed E-state index contributed by atoms with van der Waals surface area (Å²) in [5, 5.41) is 24.3. The van der Waals surface area contributed by atoms with Crippen LogP contribution in [0.5, 0.6) is 11.5 Å². The second-order valence-electron chi connectivity index (χ2n) is 5.41. The molecule has 2 aromatic carbocycles. The van der Waals surface area contributed by atoms with E-state index in [1.54, 1.807) is 12.2 Å². The van der Waals surface area contributed by atoms with Gasteiger partial charge in [0.2, 0.25) is 0 Å². The van der Waals surface area contributed by atoms with Crippen LogP contribution in [0.25, 0.3) is 0 Å². The Morgan fingerprint density at radius 3 is 2.04 bits per heavy atom. The largest absolute Gasteiger partial charge is 0.508 e. The second kappa shape index (κ2) is 7.77. The fourth-order valence-corrected chi connectivity index (χ4v) is 1.99. The summed E-state index contributed by atoms with van der Waals surface area (Å²) in [6.45, 7) is 1.55. The molecule has 0 heterocycles. The Labute approximate surface area is 151 Å². The molecule has 0 atom stereocenters. The molecule has 2 amide bonds. The minimum atomic E-state index is -4.99. The molecule has 0 bridgehead atoms. The normalized spacial score (nSPS) is 11.8. The van der Waals surface area contributed by atoms with Crippen molar-refractivity contribution >= 4 is 23.2 Å². The van der Waals surface area contributed by atoms with Gasteiger partial charge in [0.1, 0.15) is 11.5 Å². The molecule has 0 unspecified atom stereocenters. The number of hydrogen-bond acceptors (Lipinski definition) is 5. The van der Waals surface area contributed by atoms with Gasteiger partial charge in [-0.05, 0) is 36.8 Å². The van der Waals surface area contributed by atoms with Crippen LogP contribution in [-0.4, -0.2) is 33.9 Å². The minimum absolute atomic E-state index is 0.0192. The van der Waals surface area contributed by atoms with Crippen LogP contribution in [0.15, 0.2) is 47.6 Å². The summed E-state index contributed by atoms with van der Waals surface area (Å²) in [5.41, 5.74) is 2.98. The number of hydrazone groups is 1. The maximum Gasteiger partial charge on any atom is 0.471 e. The zero-order chi connectivity index (χ0) is 20.2. The third-order valence-corrected chi connectivity index (χ3v) is 3.31. The zero-order valence-electron chi connectivity index (χ0n) is 13.8. The maximum atomic E-state index is 12.2. The number of nitrogens with one attached hydrogen (secondary N) is 2. The van der Waals surface area contributed by atoms with Crippen molar-refractivity contribution in [1.82, 2.24) is 5.43 Å². The summed E-state index contributed by atoms with van der Waals surface area (Å²) < 4.78 is 36.6. The summed E-state index contributed by atoms with van der Waals surface area (Å²) in [5.74, 6) is -3.36. The molecule has 0 aliphatic heterocycles. The van der Waals surface area contributed by atoms with Crippen LogP contribution in [0.1, 0.15) is 22.8 Å². The number of hydrogen-bond donors (Lipinski definition) is 4. The molecule has 0 aliphatic rings. The van der Waals surface area contributed by atoms with E-state index >= 15 is 0 Å². The van der Waals surface area contributed by atoms with Gasteiger partial charge in [0.05, 0.1) is 5.71 Å². The van der Waals surface area contributed by atoms with Crippen molar-refractivity contribution in [3.63, 3.8) is 0 Å².